The monoisotopic (exact) mass is 214 g/mol. The van der Waals surface area contributed by atoms with Crippen molar-refractivity contribution in [1.29, 1.82) is 0 Å². The molecule has 0 aromatic heterocycles. The number of hydrogen-bond acceptors (Lipinski definition) is 2. The van der Waals surface area contributed by atoms with E-state index >= 15 is 0 Å². The summed E-state index contributed by atoms with van der Waals surface area (Å²) in [6.45, 7) is 2.79. The zero-order chi connectivity index (χ0) is 10.4. The van der Waals surface area contributed by atoms with Gasteiger partial charge in [0.1, 0.15) is 5.75 Å². The molecule has 1 aromatic rings. The second-order valence-electron chi connectivity index (χ2n) is 2.92. The van der Waals surface area contributed by atoms with Crippen molar-refractivity contribution in [3.05, 3.63) is 24.3 Å². The maximum Gasteiger partial charge on any atom is 0.186 e. The minimum atomic E-state index is -1.90. The van der Waals surface area contributed by atoms with Crippen molar-refractivity contribution >= 4 is 11.1 Å². The number of benzene rings is 1. The van der Waals surface area contributed by atoms with E-state index in [1.165, 1.54) is 0 Å². The van der Waals surface area contributed by atoms with Crippen LogP contribution in [0.5, 0.6) is 5.75 Å². The van der Waals surface area contributed by atoms with Crippen molar-refractivity contribution in [3.63, 3.8) is 0 Å². The molecule has 0 heterocycles. The molecule has 0 saturated heterocycles. The Kier molecular flexibility index (Phi) is 4.62. The summed E-state index contributed by atoms with van der Waals surface area (Å²) in [5.74, 6) is 0.743. The molecule has 1 unspecified atom stereocenters. The lowest BCUT2D eigenvalue weighted by molar-refractivity contribution is 0.309. The molecule has 0 aliphatic heterocycles. The first kappa shape index (κ1) is 11.2. The molecule has 0 fully saturated rings. The van der Waals surface area contributed by atoms with Gasteiger partial charge in [0.15, 0.2) is 11.1 Å². The van der Waals surface area contributed by atoms with Crippen LogP contribution in [0, 0.1) is 0 Å². The van der Waals surface area contributed by atoms with Gasteiger partial charge in [0.05, 0.1) is 11.5 Å². The smallest absolute Gasteiger partial charge is 0.186 e. The summed E-state index contributed by atoms with van der Waals surface area (Å²) >= 11 is -1.90. The molecule has 78 valence electrons. The van der Waals surface area contributed by atoms with Crippen LogP contribution in [0.25, 0.3) is 0 Å². The average molecular weight is 214 g/mol. The predicted octanol–water partition coefficient (Wildman–Crippen LogP) is 2.45. The summed E-state index contributed by atoms with van der Waals surface area (Å²) in [4.78, 5) is 0.396. The fourth-order valence-electron chi connectivity index (χ4n) is 0.987. The Bertz CT molecular complexity index is 295. The fraction of sp³-hybridized carbons (Fsp3) is 0.400. The van der Waals surface area contributed by atoms with E-state index in [2.05, 4.69) is 6.92 Å². The van der Waals surface area contributed by atoms with E-state index in [4.69, 9.17) is 9.29 Å². The van der Waals surface area contributed by atoms with Crippen LogP contribution in [0.3, 0.4) is 0 Å². The van der Waals surface area contributed by atoms with Crippen LogP contribution in [0.4, 0.5) is 0 Å². The van der Waals surface area contributed by atoms with E-state index in [9.17, 15) is 4.21 Å². The lowest BCUT2D eigenvalue weighted by Gasteiger charge is -2.04. The molecule has 14 heavy (non-hydrogen) atoms. The molecule has 0 aliphatic rings. The lowest BCUT2D eigenvalue weighted by Crippen LogP contribution is -1.96. The van der Waals surface area contributed by atoms with Crippen LogP contribution in [0.1, 0.15) is 19.8 Å². The molecule has 0 spiro atoms. The maximum absolute atomic E-state index is 10.6. The number of hydrogen-bond donors (Lipinski definition) is 1. The molecule has 1 N–H and O–H groups in total. The Hall–Kier alpha value is -0.870. The molecule has 0 amide bonds. The topological polar surface area (TPSA) is 46.5 Å². The van der Waals surface area contributed by atoms with Crippen molar-refractivity contribution in [2.45, 2.75) is 24.7 Å². The van der Waals surface area contributed by atoms with Crippen molar-refractivity contribution in [3.8, 4) is 5.75 Å². The van der Waals surface area contributed by atoms with Gasteiger partial charge < -0.3 is 9.29 Å². The molecule has 3 nitrogen and oxygen atoms in total. The third kappa shape index (κ3) is 3.47. The Morgan fingerprint density at radius 3 is 2.50 bits per heavy atom. The van der Waals surface area contributed by atoms with Gasteiger partial charge in [-0.15, -0.1) is 0 Å². The maximum atomic E-state index is 10.6. The van der Waals surface area contributed by atoms with E-state index in [1.807, 2.05) is 0 Å². The Morgan fingerprint density at radius 1 is 1.36 bits per heavy atom. The second kappa shape index (κ2) is 5.78. The highest BCUT2D eigenvalue weighted by atomic mass is 32.2. The van der Waals surface area contributed by atoms with Gasteiger partial charge in [-0.05, 0) is 30.7 Å². The van der Waals surface area contributed by atoms with E-state index in [0.717, 1.165) is 18.6 Å². The highest BCUT2D eigenvalue weighted by Crippen LogP contribution is 2.14. The highest BCUT2D eigenvalue weighted by molar-refractivity contribution is 7.79. The molecule has 0 saturated carbocycles. The average Bonchev–Trinajstić information content (AvgIpc) is 2.19. The Balaban J connectivity index is 2.51. The van der Waals surface area contributed by atoms with E-state index in [1.54, 1.807) is 24.3 Å². The first-order chi connectivity index (χ1) is 6.74. The Labute approximate surface area is 86.4 Å². The molecular weight excluding hydrogens is 200 g/mol. The summed E-state index contributed by atoms with van der Waals surface area (Å²) in [7, 11) is 0. The van der Waals surface area contributed by atoms with Gasteiger partial charge in [0.2, 0.25) is 0 Å². The molecule has 0 bridgehead atoms. The first-order valence-corrected chi connectivity index (χ1v) is 5.68. The number of rotatable bonds is 5. The van der Waals surface area contributed by atoms with Gasteiger partial charge in [-0.25, -0.2) is 4.21 Å². The van der Waals surface area contributed by atoms with Crippen molar-refractivity contribution in [1.82, 2.24) is 0 Å². The van der Waals surface area contributed by atoms with Gasteiger partial charge in [-0.3, -0.25) is 0 Å². The first-order valence-electron chi connectivity index (χ1n) is 4.57. The third-order valence-electron chi connectivity index (χ3n) is 1.79. The van der Waals surface area contributed by atoms with Gasteiger partial charge in [0.25, 0.3) is 0 Å². The number of ether oxygens (including phenoxy) is 1. The van der Waals surface area contributed by atoms with Crippen LogP contribution in [0.15, 0.2) is 29.2 Å². The quantitative estimate of drug-likeness (QED) is 0.605. The van der Waals surface area contributed by atoms with Crippen molar-refractivity contribution in [2.24, 2.45) is 0 Å². The normalized spacial score (nSPS) is 12.4. The fourth-order valence-corrected chi connectivity index (χ4v) is 1.36. The summed E-state index contributed by atoms with van der Waals surface area (Å²) in [5.41, 5.74) is 0. The van der Waals surface area contributed by atoms with E-state index < -0.39 is 11.1 Å². The van der Waals surface area contributed by atoms with Crippen LogP contribution in [-0.4, -0.2) is 15.4 Å². The minimum absolute atomic E-state index is 0.396. The summed E-state index contributed by atoms with van der Waals surface area (Å²) in [6, 6.07) is 6.60. The summed E-state index contributed by atoms with van der Waals surface area (Å²) in [5, 5.41) is 0. The van der Waals surface area contributed by atoms with Crippen LogP contribution < -0.4 is 4.74 Å². The largest absolute Gasteiger partial charge is 0.494 e. The molecule has 1 aromatic carbocycles. The highest BCUT2D eigenvalue weighted by Gasteiger charge is 1.99. The molecule has 1 rings (SSSR count). The van der Waals surface area contributed by atoms with Crippen molar-refractivity contribution < 1.29 is 13.5 Å². The summed E-state index contributed by atoms with van der Waals surface area (Å²) < 4.78 is 24.8. The molecular formula is C10H14O3S. The molecule has 4 heteroatoms. The van der Waals surface area contributed by atoms with Gasteiger partial charge >= 0.3 is 0 Å². The second-order valence-corrected chi connectivity index (χ2v) is 3.89. The van der Waals surface area contributed by atoms with Gasteiger partial charge in [0, 0.05) is 0 Å². The zero-order valence-corrected chi connectivity index (χ0v) is 8.92. The standard InChI is InChI=1S/C10H14O3S/c1-2-3-8-13-9-4-6-10(7-5-9)14(11)12/h4-7H,2-3,8H2,1H3,(H,11,12). The SMILES string of the molecule is CCCCOc1ccc(S(=O)O)cc1. The van der Waals surface area contributed by atoms with E-state index in [-0.39, 0.29) is 0 Å². The van der Waals surface area contributed by atoms with E-state index in [0.29, 0.717) is 11.5 Å². The molecule has 0 aliphatic carbocycles. The lowest BCUT2D eigenvalue weighted by atomic mass is 10.3. The van der Waals surface area contributed by atoms with Crippen LogP contribution >= 0.6 is 0 Å². The Morgan fingerprint density at radius 2 is 2.00 bits per heavy atom. The number of unbranched alkanes of at least 4 members (excludes halogenated alkanes) is 1. The third-order valence-corrected chi connectivity index (χ3v) is 2.47. The molecule has 0 radical (unpaired) electrons. The van der Waals surface area contributed by atoms with Gasteiger partial charge in [-0.1, -0.05) is 13.3 Å². The van der Waals surface area contributed by atoms with Crippen molar-refractivity contribution in [2.75, 3.05) is 6.61 Å². The van der Waals surface area contributed by atoms with Crippen LogP contribution in [-0.2, 0) is 11.1 Å². The zero-order valence-electron chi connectivity index (χ0n) is 8.10. The molecule has 1 atom stereocenters. The van der Waals surface area contributed by atoms with Crippen LogP contribution in [0.2, 0.25) is 0 Å². The predicted molar refractivity (Wildman–Crippen MR) is 55.9 cm³/mol. The minimum Gasteiger partial charge on any atom is -0.494 e. The summed E-state index contributed by atoms with van der Waals surface area (Å²) in [6.07, 6.45) is 2.12. The van der Waals surface area contributed by atoms with Gasteiger partial charge in [-0.2, -0.15) is 0 Å².